The van der Waals surface area contributed by atoms with Gasteiger partial charge < -0.3 is 14.9 Å². The summed E-state index contributed by atoms with van der Waals surface area (Å²) in [7, 11) is 0. The molecule has 0 spiro atoms. The summed E-state index contributed by atoms with van der Waals surface area (Å²) in [4.78, 5) is 4.24. The van der Waals surface area contributed by atoms with Crippen molar-refractivity contribution in [1.82, 2.24) is 4.98 Å². The van der Waals surface area contributed by atoms with Gasteiger partial charge in [-0.3, -0.25) is 0 Å². The van der Waals surface area contributed by atoms with Crippen LogP contribution in [-0.4, -0.2) is 30.5 Å². The van der Waals surface area contributed by atoms with Crippen molar-refractivity contribution < 1.29 is 9.15 Å². The number of aryl methyl sites for hydroxylation is 2. The van der Waals surface area contributed by atoms with E-state index in [1.807, 2.05) is 13.8 Å². The van der Waals surface area contributed by atoms with Crippen molar-refractivity contribution in [1.29, 1.82) is 0 Å². The van der Waals surface area contributed by atoms with Gasteiger partial charge in [-0.2, -0.15) is 0 Å². The van der Waals surface area contributed by atoms with Crippen molar-refractivity contribution in [3.63, 3.8) is 0 Å². The highest BCUT2D eigenvalue weighted by Gasteiger charge is 2.04. The molecule has 2 N–H and O–H groups in total. The van der Waals surface area contributed by atoms with Gasteiger partial charge >= 0.3 is 0 Å². The number of thioether (sulfide) groups is 1. The zero-order valence-electron chi connectivity index (χ0n) is 8.58. The van der Waals surface area contributed by atoms with E-state index in [0.717, 1.165) is 22.4 Å². The maximum Gasteiger partial charge on any atom is 0.256 e. The van der Waals surface area contributed by atoms with Crippen LogP contribution >= 0.6 is 11.8 Å². The first-order chi connectivity index (χ1) is 6.74. The first kappa shape index (κ1) is 11.6. The maximum absolute atomic E-state index is 5.39. The molecule has 0 amide bonds. The molecule has 1 heterocycles. The van der Waals surface area contributed by atoms with Gasteiger partial charge in [0, 0.05) is 12.3 Å². The molecule has 1 rings (SSSR count). The Kier molecular flexibility index (Phi) is 5.00. The summed E-state index contributed by atoms with van der Waals surface area (Å²) in [6.45, 7) is 5.72. The van der Waals surface area contributed by atoms with Gasteiger partial charge in [-0.15, -0.1) is 0 Å². The molecule has 14 heavy (non-hydrogen) atoms. The molecule has 0 unspecified atom stereocenters. The number of hydrogen-bond acceptors (Lipinski definition) is 5. The van der Waals surface area contributed by atoms with E-state index in [9.17, 15) is 0 Å². The molecule has 0 fully saturated rings. The summed E-state index contributed by atoms with van der Waals surface area (Å²) >= 11 is 1.56. The average molecular weight is 216 g/mol. The smallest absolute Gasteiger partial charge is 0.256 e. The molecule has 0 radical (unpaired) electrons. The SMILES string of the molecule is Cc1nc(SCCOCCN)oc1C. The Morgan fingerprint density at radius 1 is 1.43 bits per heavy atom. The average Bonchev–Trinajstić information content (AvgIpc) is 2.46. The lowest BCUT2D eigenvalue weighted by molar-refractivity contribution is 0.158. The highest BCUT2D eigenvalue weighted by molar-refractivity contribution is 7.99. The van der Waals surface area contributed by atoms with E-state index >= 15 is 0 Å². The van der Waals surface area contributed by atoms with Crippen molar-refractivity contribution in [2.75, 3.05) is 25.5 Å². The van der Waals surface area contributed by atoms with E-state index < -0.39 is 0 Å². The van der Waals surface area contributed by atoms with Gasteiger partial charge in [0.05, 0.1) is 18.9 Å². The number of rotatable bonds is 6. The van der Waals surface area contributed by atoms with Crippen LogP contribution in [0.3, 0.4) is 0 Å². The van der Waals surface area contributed by atoms with Crippen LogP contribution in [0.5, 0.6) is 0 Å². The summed E-state index contributed by atoms with van der Waals surface area (Å²) in [6, 6.07) is 0. The Morgan fingerprint density at radius 2 is 2.21 bits per heavy atom. The minimum absolute atomic E-state index is 0.571. The summed E-state index contributed by atoms with van der Waals surface area (Å²) in [5.74, 6) is 1.73. The lowest BCUT2D eigenvalue weighted by Crippen LogP contribution is -2.09. The quantitative estimate of drug-likeness (QED) is 0.574. The highest BCUT2D eigenvalue weighted by atomic mass is 32.2. The largest absolute Gasteiger partial charge is 0.437 e. The van der Waals surface area contributed by atoms with Crippen LogP contribution in [0.2, 0.25) is 0 Å². The normalized spacial score (nSPS) is 10.8. The zero-order valence-corrected chi connectivity index (χ0v) is 9.39. The Hall–Kier alpha value is -0.520. The Morgan fingerprint density at radius 3 is 2.79 bits per heavy atom. The molecule has 0 aliphatic rings. The van der Waals surface area contributed by atoms with Crippen LogP contribution < -0.4 is 5.73 Å². The summed E-state index contributed by atoms with van der Waals surface area (Å²) in [5, 5.41) is 0.719. The monoisotopic (exact) mass is 216 g/mol. The standard InChI is InChI=1S/C9H16N2O2S/c1-7-8(2)13-9(11-7)14-6-5-12-4-3-10/h3-6,10H2,1-2H3. The van der Waals surface area contributed by atoms with Crippen molar-refractivity contribution in [3.05, 3.63) is 11.5 Å². The maximum atomic E-state index is 5.39. The van der Waals surface area contributed by atoms with Crippen molar-refractivity contribution in [2.24, 2.45) is 5.73 Å². The molecule has 0 atom stereocenters. The molecule has 1 aromatic rings. The fourth-order valence-corrected chi connectivity index (χ4v) is 1.64. The minimum Gasteiger partial charge on any atom is -0.437 e. The molecule has 80 valence electrons. The van der Waals surface area contributed by atoms with Crippen molar-refractivity contribution >= 4 is 11.8 Å². The molecule has 0 saturated heterocycles. The number of nitrogens with zero attached hydrogens (tertiary/aromatic N) is 1. The Balaban J connectivity index is 2.18. The number of hydrogen-bond donors (Lipinski definition) is 1. The fraction of sp³-hybridized carbons (Fsp3) is 0.667. The van der Waals surface area contributed by atoms with E-state index in [1.54, 1.807) is 11.8 Å². The lowest BCUT2D eigenvalue weighted by atomic mass is 10.4. The molecule has 0 bridgehead atoms. The predicted octanol–water partition coefficient (Wildman–Crippen LogP) is 1.36. The number of aromatic nitrogens is 1. The van der Waals surface area contributed by atoms with Gasteiger partial charge in [-0.1, -0.05) is 11.8 Å². The molecule has 1 aromatic heterocycles. The number of oxazole rings is 1. The molecular formula is C9H16N2O2S. The summed E-state index contributed by atoms with van der Waals surface area (Å²) < 4.78 is 10.6. The van der Waals surface area contributed by atoms with E-state index in [-0.39, 0.29) is 0 Å². The molecule has 0 aliphatic heterocycles. The first-order valence-electron chi connectivity index (χ1n) is 4.58. The fourth-order valence-electron chi connectivity index (χ4n) is 0.878. The first-order valence-corrected chi connectivity index (χ1v) is 5.57. The lowest BCUT2D eigenvalue weighted by Gasteiger charge is -1.99. The second-order valence-corrected chi connectivity index (χ2v) is 3.92. The number of nitrogens with two attached hydrogens (primary N) is 1. The van der Waals surface area contributed by atoms with Crippen LogP contribution in [0.25, 0.3) is 0 Å². The third kappa shape index (κ3) is 3.69. The van der Waals surface area contributed by atoms with Crippen LogP contribution in [0, 0.1) is 13.8 Å². The van der Waals surface area contributed by atoms with E-state index in [1.165, 1.54) is 0 Å². The van der Waals surface area contributed by atoms with E-state index in [0.29, 0.717) is 19.8 Å². The molecule has 0 aliphatic carbocycles. The third-order valence-corrected chi connectivity index (χ3v) is 2.52. The van der Waals surface area contributed by atoms with Gasteiger partial charge in [0.25, 0.3) is 5.22 Å². The third-order valence-electron chi connectivity index (χ3n) is 1.72. The molecule has 0 saturated carbocycles. The van der Waals surface area contributed by atoms with Gasteiger partial charge in [-0.25, -0.2) is 4.98 Å². The van der Waals surface area contributed by atoms with Crippen LogP contribution in [0.4, 0.5) is 0 Å². The summed E-state index contributed by atoms with van der Waals surface area (Å²) in [6.07, 6.45) is 0. The topological polar surface area (TPSA) is 61.3 Å². The van der Waals surface area contributed by atoms with Gasteiger partial charge in [0.1, 0.15) is 5.76 Å². The van der Waals surface area contributed by atoms with Crippen molar-refractivity contribution in [3.8, 4) is 0 Å². The highest BCUT2D eigenvalue weighted by Crippen LogP contribution is 2.19. The Labute approximate surface area is 88.2 Å². The van der Waals surface area contributed by atoms with E-state index in [2.05, 4.69) is 4.98 Å². The Bertz CT molecular complexity index is 256. The van der Waals surface area contributed by atoms with Crippen LogP contribution in [-0.2, 0) is 4.74 Å². The van der Waals surface area contributed by atoms with Gasteiger partial charge in [0.2, 0.25) is 0 Å². The van der Waals surface area contributed by atoms with Crippen molar-refractivity contribution in [2.45, 2.75) is 19.1 Å². The van der Waals surface area contributed by atoms with Gasteiger partial charge in [0.15, 0.2) is 0 Å². The summed E-state index contributed by atoms with van der Waals surface area (Å²) in [5.41, 5.74) is 6.24. The van der Waals surface area contributed by atoms with Gasteiger partial charge in [-0.05, 0) is 13.8 Å². The predicted molar refractivity (Wildman–Crippen MR) is 56.6 cm³/mol. The van der Waals surface area contributed by atoms with Crippen LogP contribution in [0.1, 0.15) is 11.5 Å². The number of ether oxygens (including phenoxy) is 1. The minimum atomic E-state index is 0.571. The second-order valence-electron chi connectivity index (χ2n) is 2.87. The zero-order chi connectivity index (χ0) is 10.4. The second kappa shape index (κ2) is 6.06. The molecular weight excluding hydrogens is 200 g/mol. The molecule has 5 heteroatoms. The van der Waals surface area contributed by atoms with E-state index in [4.69, 9.17) is 14.9 Å². The molecule has 4 nitrogen and oxygen atoms in total. The van der Waals surface area contributed by atoms with Crippen LogP contribution in [0.15, 0.2) is 9.64 Å². The molecule has 0 aromatic carbocycles.